The second-order valence-corrected chi connectivity index (χ2v) is 4.01. The number of aliphatic hydroxyl groups excluding tert-OH is 1. The molecule has 0 aliphatic heterocycles. The van der Waals surface area contributed by atoms with Crippen LogP contribution in [0.5, 0.6) is 0 Å². The van der Waals surface area contributed by atoms with Crippen molar-refractivity contribution in [3.8, 4) is 0 Å². The zero-order valence-electron chi connectivity index (χ0n) is 7.39. The van der Waals surface area contributed by atoms with Crippen molar-refractivity contribution in [1.82, 2.24) is 0 Å². The highest BCUT2D eigenvalue weighted by molar-refractivity contribution is 4.72. The Labute approximate surface area is 79.6 Å². The smallest absolute Gasteiger partial charge is 0.102 e. The first kappa shape index (κ1) is 11.4. The van der Waals surface area contributed by atoms with Crippen LogP contribution in [0.1, 0.15) is 12.8 Å². The number of hydrogen-bond acceptors (Lipinski definition) is 1. The number of halogens is 1. The van der Waals surface area contributed by atoms with Gasteiger partial charge in [0, 0.05) is 5.92 Å². The number of aliphatic hydroxyl groups is 1. The number of likely N-dealkylation sites (N-methyl/N-ethyl adjacent to an activating group) is 1. The predicted octanol–water partition coefficient (Wildman–Crippen LogP) is -2.53. The van der Waals surface area contributed by atoms with Crippen LogP contribution in [-0.2, 0) is 0 Å². The largest absolute Gasteiger partial charge is 1.00 e. The van der Waals surface area contributed by atoms with Crippen LogP contribution in [0.25, 0.3) is 0 Å². The zero-order valence-corrected chi connectivity index (χ0v) is 8.97. The summed E-state index contributed by atoms with van der Waals surface area (Å²) in [4.78, 5) is 0. The molecule has 0 radical (unpaired) electrons. The van der Waals surface area contributed by atoms with Crippen LogP contribution in [0.2, 0.25) is 0 Å². The van der Waals surface area contributed by atoms with Crippen molar-refractivity contribution in [2.75, 3.05) is 33.8 Å². The van der Waals surface area contributed by atoms with E-state index in [-0.39, 0.29) is 17.0 Å². The van der Waals surface area contributed by atoms with Gasteiger partial charge in [0.2, 0.25) is 0 Å². The van der Waals surface area contributed by atoms with Gasteiger partial charge in [0.25, 0.3) is 0 Å². The van der Waals surface area contributed by atoms with Gasteiger partial charge in [-0.1, -0.05) is 0 Å². The molecular formula is C8H18BrNO. The molecule has 1 fully saturated rings. The summed E-state index contributed by atoms with van der Waals surface area (Å²) in [6.45, 7) is 2.47. The molecule has 0 heterocycles. The molecule has 1 saturated carbocycles. The maximum Gasteiger partial charge on any atom is 0.102 e. The molecule has 0 aromatic rings. The van der Waals surface area contributed by atoms with Gasteiger partial charge in [-0.25, -0.2) is 0 Å². The molecule has 1 rings (SSSR count). The summed E-state index contributed by atoms with van der Waals surface area (Å²) in [5.74, 6) is 0.960. The lowest BCUT2D eigenvalue weighted by atomic mass is 10.3. The van der Waals surface area contributed by atoms with E-state index in [4.69, 9.17) is 5.11 Å². The maximum absolute atomic E-state index is 8.72. The Morgan fingerprint density at radius 2 is 1.91 bits per heavy atom. The van der Waals surface area contributed by atoms with Crippen molar-refractivity contribution in [3.63, 3.8) is 0 Å². The maximum atomic E-state index is 8.72. The minimum absolute atomic E-state index is 0. The summed E-state index contributed by atoms with van der Waals surface area (Å²) in [5.41, 5.74) is 0. The molecule has 2 nitrogen and oxygen atoms in total. The number of nitrogens with zero attached hydrogens (tertiary/aromatic N) is 1. The molecule has 0 bridgehead atoms. The van der Waals surface area contributed by atoms with E-state index in [1.54, 1.807) is 0 Å². The molecule has 1 aliphatic carbocycles. The highest BCUT2D eigenvalue weighted by Gasteiger charge is 2.29. The van der Waals surface area contributed by atoms with Gasteiger partial charge in [-0.05, 0) is 12.8 Å². The van der Waals surface area contributed by atoms with Crippen molar-refractivity contribution < 1.29 is 26.6 Å². The molecule has 0 atom stereocenters. The quantitative estimate of drug-likeness (QED) is 0.522. The molecule has 1 aliphatic rings. The third kappa shape index (κ3) is 4.77. The summed E-state index contributed by atoms with van der Waals surface area (Å²) in [5, 5.41) is 8.72. The average molecular weight is 224 g/mol. The molecule has 1 N–H and O–H groups in total. The van der Waals surface area contributed by atoms with E-state index in [1.165, 1.54) is 19.4 Å². The van der Waals surface area contributed by atoms with Gasteiger partial charge in [-0.3, -0.25) is 0 Å². The standard InChI is InChI=1S/C8H18NO.BrH/c1-9(2,5-6-10)7-8-3-4-8;/h8,10H,3-7H2,1-2H3;1H/q+1;/p-1. The van der Waals surface area contributed by atoms with Gasteiger partial charge in [-0.2, -0.15) is 0 Å². The first-order chi connectivity index (χ1) is 4.64. The minimum Gasteiger partial charge on any atom is -1.00 e. The van der Waals surface area contributed by atoms with Crippen LogP contribution in [0.15, 0.2) is 0 Å². The first-order valence-electron chi connectivity index (χ1n) is 4.07. The summed E-state index contributed by atoms with van der Waals surface area (Å²) in [6.07, 6.45) is 2.82. The van der Waals surface area contributed by atoms with E-state index >= 15 is 0 Å². The lowest BCUT2D eigenvalue weighted by Gasteiger charge is -2.28. The Kier molecular flexibility index (Phi) is 4.59. The van der Waals surface area contributed by atoms with Crippen LogP contribution in [0, 0.1) is 5.92 Å². The molecule has 0 spiro atoms. The van der Waals surface area contributed by atoms with Crippen LogP contribution in [0.4, 0.5) is 0 Å². The molecule has 0 amide bonds. The summed E-state index contributed by atoms with van der Waals surface area (Å²) in [6, 6.07) is 0. The van der Waals surface area contributed by atoms with Crippen molar-refractivity contribution >= 4 is 0 Å². The second-order valence-electron chi connectivity index (χ2n) is 4.01. The topological polar surface area (TPSA) is 20.2 Å². The molecule has 0 unspecified atom stereocenters. The summed E-state index contributed by atoms with van der Waals surface area (Å²) in [7, 11) is 4.38. The average Bonchev–Trinajstić information content (AvgIpc) is 2.48. The van der Waals surface area contributed by atoms with E-state index in [9.17, 15) is 0 Å². The summed E-state index contributed by atoms with van der Waals surface area (Å²) < 4.78 is 0.987. The van der Waals surface area contributed by atoms with E-state index in [0.717, 1.165) is 16.9 Å². The fourth-order valence-electron chi connectivity index (χ4n) is 1.36. The minimum atomic E-state index is 0. The third-order valence-corrected chi connectivity index (χ3v) is 2.15. The Morgan fingerprint density at radius 1 is 1.36 bits per heavy atom. The first-order valence-corrected chi connectivity index (χ1v) is 4.07. The Hall–Kier alpha value is 0.400. The zero-order chi connectivity index (χ0) is 7.61. The van der Waals surface area contributed by atoms with Crippen molar-refractivity contribution in [3.05, 3.63) is 0 Å². The normalized spacial score (nSPS) is 17.7. The van der Waals surface area contributed by atoms with Gasteiger partial charge in [0.1, 0.15) is 6.54 Å². The molecule has 3 heteroatoms. The monoisotopic (exact) mass is 223 g/mol. The Balaban J connectivity index is 0.000001000. The van der Waals surface area contributed by atoms with Gasteiger partial charge in [0.05, 0.1) is 27.2 Å². The third-order valence-electron chi connectivity index (χ3n) is 2.15. The molecule has 0 aromatic carbocycles. The van der Waals surface area contributed by atoms with Crippen LogP contribution < -0.4 is 17.0 Å². The fourth-order valence-corrected chi connectivity index (χ4v) is 1.36. The number of rotatable bonds is 4. The van der Waals surface area contributed by atoms with E-state index in [1.807, 2.05) is 0 Å². The molecule has 68 valence electrons. The highest BCUT2D eigenvalue weighted by Crippen LogP contribution is 2.30. The van der Waals surface area contributed by atoms with Gasteiger partial charge in [0.15, 0.2) is 0 Å². The lowest BCUT2D eigenvalue weighted by molar-refractivity contribution is -0.892. The van der Waals surface area contributed by atoms with Crippen molar-refractivity contribution in [1.29, 1.82) is 0 Å². The Bertz CT molecular complexity index is 113. The van der Waals surface area contributed by atoms with Gasteiger partial charge >= 0.3 is 0 Å². The van der Waals surface area contributed by atoms with Crippen molar-refractivity contribution in [2.45, 2.75) is 12.8 Å². The molecule has 0 saturated heterocycles. The van der Waals surface area contributed by atoms with Crippen molar-refractivity contribution in [2.24, 2.45) is 5.92 Å². The van der Waals surface area contributed by atoms with Crippen LogP contribution in [0.3, 0.4) is 0 Å². The molecule has 11 heavy (non-hydrogen) atoms. The van der Waals surface area contributed by atoms with Gasteiger partial charge < -0.3 is 26.6 Å². The summed E-state index contributed by atoms with van der Waals surface area (Å²) >= 11 is 0. The number of hydrogen-bond donors (Lipinski definition) is 1. The highest BCUT2D eigenvalue weighted by atomic mass is 79.9. The van der Waals surface area contributed by atoms with Crippen LogP contribution in [-0.4, -0.2) is 43.4 Å². The number of quaternary nitrogens is 1. The second kappa shape index (κ2) is 4.43. The SMILES string of the molecule is C[N+](C)(CCO)CC1CC1.[Br-]. The lowest BCUT2D eigenvalue weighted by Crippen LogP contribution is -3.00. The van der Waals surface area contributed by atoms with Gasteiger partial charge in [-0.15, -0.1) is 0 Å². The van der Waals surface area contributed by atoms with E-state index in [2.05, 4.69) is 14.1 Å². The van der Waals surface area contributed by atoms with Crippen LogP contribution >= 0.6 is 0 Å². The molecule has 0 aromatic heterocycles. The fraction of sp³-hybridized carbons (Fsp3) is 1.00. The Morgan fingerprint density at radius 3 is 2.27 bits per heavy atom. The van der Waals surface area contributed by atoms with E-state index in [0.29, 0.717) is 6.61 Å². The molecular weight excluding hydrogens is 206 g/mol. The predicted molar refractivity (Wildman–Crippen MR) is 41.7 cm³/mol. The van der Waals surface area contributed by atoms with E-state index < -0.39 is 0 Å².